The van der Waals surface area contributed by atoms with E-state index >= 15 is 0 Å². The van der Waals surface area contributed by atoms with E-state index in [0.29, 0.717) is 31.7 Å². The molecule has 0 aliphatic heterocycles. The molecule has 1 heterocycles. The summed E-state index contributed by atoms with van der Waals surface area (Å²) >= 11 is 0. The van der Waals surface area contributed by atoms with E-state index in [0.717, 1.165) is 0 Å². The van der Waals surface area contributed by atoms with Crippen molar-refractivity contribution in [2.75, 3.05) is 13.6 Å². The van der Waals surface area contributed by atoms with Gasteiger partial charge in [0.2, 0.25) is 6.41 Å². The number of nitrogens with zero attached hydrogens (tertiary/aromatic N) is 3. The summed E-state index contributed by atoms with van der Waals surface area (Å²) in [5.41, 5.74) is 0.673. The molecule has 0 spiro atoms. The summed E-state index contributed by atoms with van der Waals surface area (Å²) in [6, 6.07) is -0.233. The maximum absolute atomic E-state index is 10.8. The number of carbonyl (C=O) groups excluding carboxylic acids is 2. The molecule has 3 N–H and O–H groups in total. The number of rotatable bonds is 6. The maximum atomic E-state index is 10.8. The molecule has 0 radical (unpaired) electrons. The lowest BCUT2D eigenvalue weighted by molar-refractivity contribution is -0.109. The highest BCUT2D eigenvalue weighted by Crippen LogP contribution is 1.91. The molecule has 1 aromatic rings. The van der Waals surface area contributed by atoms with Crippen molar-refractivity contribution in [3.05, 3.63) is 11.9 Å². The number of urea groups is 1. The first-order valence-electron chi connectivity index (χ1n) is 4.78. The average molecular weight is 226 g/mol. The highest BCUT2D eigenvalue weighted by molar-refractivity contribution is 5.73. The zero-order chi connectivity index (χ0) is 11.8. The molecule has 0 aliphatic carbocycles. The molecular weight excluding hydrogens is 212 g/mol. The van der Waals surface area contributed by atoms with Gasteiger partial charge in [0.05, 0.1) is 19.3 Å². The van der Waals surface area contributed by atoms with Gasteiger partial charge in [0, 0.05) is 13.6 Å². The van der Waals surface area contributed by atoms with Gasteiger partial charge < -0.3 is 16.0 Å². The predicted octanol–water partition coefficient (Wildman–Crippen LogP) is -1.55. The summed E-state index contributed by atoms with van der Waals surface area (Å²) in [5, 5.41) is 15.2. The monoisotopic (exact) mass is 226 g/mol. The molecule has 1 aromatic heterocycles. The molecule has 0 bridgehead atoms. The summed E-state index contributed by atoms with van der Waals surface area (Å²) < 4.78 is 1.59. The highest BCUT2D eigenvalue weighted by Gasteiger charge is 2.00. The molecule has 0 aromatic carbocycles. The van der Waals surface area contributed by atoms with Gasteiger partial charge in [0.15, 0.2) is 0 Å². The van der Waals surface area contributed by atoms with Gasteiger partial charge in [-0.3, -0.25) is 9.48 Å². The lowest BCUT2D eigenvalue weighted by Gasteiger charge is -2.03. The van der Waals surface area contributed by atoms with E-state index in [2.05, 4.69) is 26.3 Å². The first kappa shape index (κ1) is 12.0. The second-order valence-corrected chi connectivity index (χ2v) is 2.98. The number of amides is 3. The van der Waals surface area contributed by atoms with Crippen LogP contribution in [-0.2, 0) is 17.9 Å². The normalized spacial score (nSPS) is 9.56. The van der Waals surface area contributed by atoms with Crippen molar-refractivity contribution in [2.24, 2.45) is 0 Å². The zero-order valence-corrected chi connectivity index (χ0v) is 8.93. The fraction of sp³-hybridized carbons (Fsp3) is 0.500. The zero-order valence-electron chi connectivity index (χ0n) is 8.93. The van der Waals surface area contributed by atoms with Gasteiger partial charge in [-0.25, -0.2) is 4.79 Å². The minimum Gasteiger partial charge on any atom is -0.353 e. The largest absolute Gasteiger partial charge is 0.353 e. The molecule has 1 rings (SSSR count). The molecule has 0 saturated carbocycles. The van der Waals surface area contributed by atoms with Crippen molar-refractivity contribution in [3.63, 3.8) is 0 Å². The van der Waals surface area contributed by atoms with Crippen LogP contribution in [0.25, 0.3) is 0 Å². The number of nitrogens with one attached hydrogen (secondary N) is 3. The number of aromatic nitrogens is 3. The third kappa shape index (κ3) is 3.95. The molecular formula is C8H14N6O2. The van der Waals surface area contributed by atoms with E-state index < -0.39 is 0 Å². The van der Waals surface area contributed by atoms with E-state index in [4.69, 9.17) is 0 Å². The van der Waals surface area contributed by atoms with E-state index in [9.17, 15) is 9.59 Å². The molecule has 8 nitrogen and oxygen atoms in total. The lowest BCUT2D eigenvalue weighted by Crippen LogP contribution is -2.34. The molecule has 3 amide bonds. The number of hydrogen-bond acceptors (Lipinski definition) is 4. The third-order valence-electron chi connectivity index (χ3n) is 1.81. The van der Waals surface area contributed by atoms with Crippen LogP contribution in [0.4, 0.5) is 4.79 Å². The summed E-state index contributed by atoms with van der Waals surface area (Å²) in [7, 11) is 1.55. The Labute approximate surface area is 92.4 Å². The molecule has 0 fully saturated rings. The van der Waals surface area contributed by atoms with Gasteiger partial charge in [0.1, 0.15) is 5.69 Å². The van der Waals surface area contributed by atoms with Crippen LogP contribution in [0, 0.1) is 0 Å². The average Bonchev–Trinajstić information content (AvgIpc) is 2.74. The molecule has 8 heteroatoms. The van der Waals surface area contributed by atoms with Crippen molar-refractivity contribution in [1.29, 1.82) is 0 Å². The van der Waals surface area contributed by atoms with Crippen LogP contribution in [0.15, 0.2) is 6.20 Å². The Morgan fingerprint density at radius 2 is 2.44 bits per heavy atom. The van der Waals surface area contributed by atoms with Crippen molar-refractivity contribution in [3.8, 4) is 0 Å². The van der Waals surface area contributed by atoms with Crippen LogP contribution >= 0.6 is 0 Å². The standard InChI is InChI=1S/C8H14N6O2/c1-9-8(16)11-2-3-14-5-7(12-13-14)4-10-6-15/h5-6H,2-4H2,1H3,(H,10,15)(H2,9,11,16). The second-order valence-electron chi connectivity index (χ2n) is 2.98. The topological polar surface area (TPSA) is 101 Å². The molecule has 0 saturated heterocycles. The minimum absolute atomic E-state index is 0.233. The smallest absolute Gasteiger partial charge is 0.314 e. The summed E-state index contributed by atoms with van der Waals surface area (Å²) in [6.07, 6.45) is 2.31. The Bertz CT molecular complexity index is 350. The lowest BCUT2D eigenvalue weighted by atomic mass is 10.5. The molecule has 88 valence electrons. The number of carbonyl (C=O) groups is 2. The summed E-state index contributed by atoms with van der Waals surface area (Å²) in [5.74, 6) is 0. The van der Waals surface area contributed by atoms with Gasteiger partial charge in [-0.1, -0.05) is 5.21 Å². The van der Waals surface area contributed by atoms with E-state index in [1.54, 1.807) is 17.9 Å². The second kappa shape index (κ2) is 6.38. The van der Waals surface area contributed by atoms with Crippen LogP contribution in [0.2, 0.25) is 0 Å². The number of hydrogen-bond donors (Lipinski definition) is 3. The van der Waals surface area contributed by atoms with Crippen molar-refractivity contribution in [2.45, 2.75) is 13.1 Å². The van der Waals surface area contributed by atoms with Crippen LogP contribution in [0.1, 0.15) is 5.69 Å². The highest BCUT2D eigenvalue weighted by atomic mass is 16.2. The minimum atomic E-state index is -0.233. The summed E-state index contributed by atoms with van der Waals surface area (Å²) in [6.45, 7) is 1.34. The van der Waals surface area contributed by atoms with Crippen LogP contribution in [-0.4, -0.2) is 41.0 Å². The Hall–Kier alpha value is -2.12. The third-order valence-corrected chi connectivity index (χ3v) is 1.81. The van der Waals surface area contributed by atoms with Crippen LogP contribution in [0.5, 0.6) is 0 Å². The van der Waals surface area contributed by atoms with Gasteiger partial charge in [-0.2, -0.15) is 0 Å². The SMILES string of the molecule is CNC(=O)NCCn1cc(CNC=O)nn1. The van der Waals surface area contributed by atoms with E-state index in [-0.39, 0.29) is 6.03 Å². The van der Waals surface area contributed by atoms with Crippen LogP contribution < -0.4 is 16.0 Å². The molecule has 0 unspecified atom stereocenters. The van der Waals surface area contributed by atoms with E-state index in [1.807, 2.05) is 0 Å². The first-order chi connectivity index (χ1) is 7.76. The van der Waals surface area contributed by atoms with Crippen molar-refractivity contribution < 1.29 is 9.59 Å². The molecule has 0 atom stereocenters. The Balaban J connectivity index is 2.29. The maximum Gasteiger partial charge on any atom is 0.314 e. The molecule has 16 heavy (non-hydrogen) atoms. The first-order valence-corrected chi connectivity index (χ1v) is 4.78. The van der Waals surface area contributed by atoms with Crippen molar-refractivity contribution >= 4 is 12.4 Å². The summed E-state index contributed by atoms with van der Waals surface area (Å²) in [4.78, 5) is 20.9. The van der Waals surface area contributed by atoms with Crippen LogP contribution in [0.3, 0.4) is 0 Å². The van der Waals surface area contributed by atoms with Gasteiger partial charge >= 0.3 is 6.03 Å². The Morgan fingerprint density at radius 1 is 1.62 bits per heavy atom. The van der Waals surface area contributed by atoms with Crippen molar-refractivity contribution in [1.82, 2.24) is 30.9 Å². The Morgan fingerprint density at radius 3 is 3.12 bits per heavy atom. The molecule has 0 aliphatic rings. The quantitative estimate of drug-likeness (QED) is 0.511. The fourth-order valence-electron chi connectivity index (χ4n) is 1.05. The predicted molar refractivity (Wildman–Crippen MR) is 55.4 cm³/mol. The Kier molecular flexibility index (Phi) is 4.77. The van der Waals surface area contributed by atoms with Gasteiger partial charge in [0.25, 0.3) is 0 Å². The van der Waals surface area contributed by atoms with E-state index in [1.165, 1.54) is 0 Å². The van der Waals surface area contributed by atoms with Gasteiger partial charge in [-0.05, 0) is 0 Å². The van der Waals surface area contributed by atoms with Gasteiger partial charge in [-0.15, -0.1) is 5.10 Å². The fourth-order valence-corrected chi connectivity index (χ4v) is 1.05.